The van der Waals surface area contributed by atoms with Gasteiger partial charge in [0.15, 0.2) is 11.6 Å². The maximum Gasteiger partial charge on any atom is 0.292 e. The third-order valence-corrected chi connectivity index (χ3v) is 5.72. The Balaban J connectivity index is 0.000000882. The van der Waals surface area contributed by atoms with Gasteiger partial charge in [0.25, 0.3) is 6.47 Å². The van der Waals surface area contributed by atoms with Crippen molar-refractivity contribution in [3.63, 3.8) is 0 Å². The Labute approximate surface area is 222 Å². The molecule has 1 aromatic carbocycles. The molecule has 2 rings (SSSR count). The first-order valence-corrected chi connectivity index (χ1v) is 12.5. The standard InChI is InChI=1S/C19H29FN4S.C6H4F2.C2H4O2/c1-5-11-25-18(7-3)19-23-12-15(17(6-2)24(19)13-21)16(22)10-8-9-14(4)20;7-5-3-1-2-4-6(5)8;1-4-2-3/h5,7-8,10-11,14,22H,6,9,12-13,21H2,1-4H3;1-4H;2H,1H3/b10-8-,11-5-,18-7?,22-16?;;. The number of rotatable bonds is 10. The van der Waals surface area contributed by atoms with Crippen LogP contribution in [0, 0.1) is 17.0 Å². The molecule has 10 heteroatoms. The maximum atomic E-state index is 12.9. The van der Waals surface area contributed by atoms with Crippen LogP contribution in [0.3, 0.4) is 0 Å². The number of nitrogens with two attached hydrogens (primary N) is 1. The Morgan fingerprint density at radius 2 is 1.89 bits per heavy atom. The van der Waals surface area contributed by atoms with E-state index in [2.05, 4.69) is 16.7 Å². The van der Waals surface area contributed by atoms with Crippen molar-refractivity contribution in [1.82, 2.24) is 4.90 Å². The predicted molar refractivity (Wildman–Crippen MR) is 148 cm³/mol. The average molecular weight is 539 g/mol. The highest BCUT2D eigenvalue weighted by molar-refractivity contribution is 8.06. The lowest BCUT2D eigenvalue weighted by atomic mass is 10.0. The molecule has 0 radical (unpaired) electrons. The number of halogens is 3. The van der Waals surface area contributed by atoms with Gasteiger partial charge in [0.1, 0.15) is 12.0 Å². The molecule has 0 spiro atoms. The Morgan fingerprint density at radius 3 is 2.30 bits per heavy atom. The first-order chi connectivity index (χ1) is 17.7. The van der Waals surface area contributed by atoms with Crippen LogP contribution in [0.5, 0.6) is 0 Å². The second-order valence-corrected chi connectivity index (χ2v) is 8.30. The van der Waals surface area contributed by atoms with Crippen LogP contribution in [-0.4, -0.2) is 49.4 Å². The summed E-state index contributed by atoms with van der Waals surface area (Å²) in [6.45, 7) is 8.64. The van der Waals surface area contributed by atoms with Crippen molar-refractivity contribution in [2.75, 3.05) is 20.3 Å². The highest BCUT2D eigenvalue weighted by Crippen LogP contribution is 2.28. The zero-order chi connectivity index (χ0) is 28.2. The molecule has 0 aromatic heterocycles. The second kappa shape index (κ2) is 20.0. The summed E-state index contributed by atoms with van der Waals surface area (Å²) < 4.78 is 40.7. The predicted octanol–water partition coefficient (Wildman–Crippen LogP) is 6.53. The lowest BCUT2D eigenvalue weighted by Crippen LogP contribution is -2.40. The maximum absolute atomic E-state index is 12.9. The van der Waals surface area contributed by atoms with Gasteiger partial charge in [-0.1, -0.05) is 49.0 Å². The number of nitrogens with zero attached hydrogens (tertiary/aromatic N) is 2. The fourth-order valence-electron chi connectivity index (χ4n) is 2.98. The van der Waals surface area contributed by atoms with Crippen LogP contribution in [-0.2, 0) is 9.53 Å². The van der Waals surface area contributed by atoms with Gasteiger partial charge in [-0.2, -0.15) is 0 Å². The molecule has 1 aliphatic rings. The van der Waals surface area contributed by atoms with Crippen LogP contribution >= 0.6 is 11.8 Å². The number of alkyl halides is 1. The zero-order valence-electron chi connectivity index (χ0n) is 22.0. The molecule has 0 fully saturated rings. The number of thioether (sulfide) groups is 1. The van der Waals surface area contributed by atoms with Crippen molar-refractivity contribution in [2.45, 2.75) is 46.7 Å². The molecule has 204 valence electrons. The van der Waals surface area contributed by atoms with E-state index in [-0.39, 0.29) is 0 Å². The number of carbonyl (C=O) groups is 1. The summed E-state index contributed by atoms with van der Waals surface area (Å²) >= 11 is 1.61. The number of hydrogen-bond acceptors (Lipinski definition) is 7. The van der Waals surface area contributed by atoms with Gasteiger partial charge in [-0.15, -0.1) is 0 Å². The molecular formula is C27H37F3N4O2S. The fourth-order valence-corrected chi connectivity index (χ4v) is 3.68. The molecule has 3 N–H and O–H groups in total. The smallest absolute Gasteiger partial charge is 0.292 e. The second-order valence-electron chi connectivity index (χ2n) is 7.35. The Morgan fingerprint density at radius 1 is 1.30 bits per heavy atom. The lowest BCUT2D eigenvalue weighted by Gasteiger charge is -2.33. The molecule has 1 aromatic rings. The van der Waals surface area contributed by atoms with Gasteiger partial charge in [0.2, 0.25) is 0 Å². The van der Waals surface area contributed by atoms with E-state index in [1.807, 2.05) is 36.3 Å². The first kappa shape index (κ1) is 33.9. The summed E-state index contributed by atoms with van der Waals surface area (Å²) in [4.78, 5) is 16.7. The minimum absolute atomic E-state index is 0.303. The number of benzene rings is 1. The van der Waals surface area contributed by atoms with Crippen LogP contribution in [0.4, 0.5) is 13.2 Å². The molecule has 1 atom stereocenters. The van der Waals surface area contributed by atoms with E-state index in [0.717, 1.165) is 40.6 Å². The number of amidine groups is 1. The van der Waals surface area contributed by atoms with Gasteiger partial charge < -0.3 is 20.8 Å². The zero-order valence-corrected chi connectivity index (χ0v) is 22.8. The molecular weight excluding hydrogens is 501 g/mol. The molecule has 6 nitrogen and oxygen atoms in total. The van der Waals surface area contributed by atoms with E-state index < -0.39 is 17.8 Å². The van der Waals surface area contributed by atoms with Gasteiger partial charge in [-0.25, -0.2) is 13.2 Å². The van der Waals surface area contributed by atoms with E-state index in [4.69, 9.17) is 15.9 Å². The Bertz CT molecular complexity index is 984. The normalized spacial score (nSPS) is 14.5. The lowest BCUT2D eigenvalue weighted by molar-refractivity contribution is -0.126. The van der Waals surface area contributed by atoms with Gasteiger partial charge in [-0.3, -0.25) is 9.79 Å². The number of nitrogens with one attached hydrogen (secondary N) is 1. The highest BCUT2D eigenvalue weighted by Gasteiger charge is 2.25. The molecule has 1 aliphatic heterocycles. The number of hydrogen-bond donors (Lipinski definition) is 2. The van der Waals surface area contributed by atoms with E-state index >= 15 is 0 Å². The van der Waals surface area contributed by atoms with E-state index in [1.54, 1.807) is 23.9 Å². The third kappa shape index (κ3) is 12.6. The van der Waals surface area contributed by atoms with Crippen LogP contribution in [0.25, 0.3) is 0 Å². The number of allylic oxidation sites excluding steroid dienone is 5. The van der Waals surface area contributed by atoms with Crippen LogP contribution in [0.2, 0.25) is 0 Å². The topological polar surface area (TPSA) is 91.8 Å². The summed E-state index contributed by atoms with van der Waals surface area (Å²) in [5, 5.41) is 10.3. The van der Waals surface area contributed by atoms with Gasteiger partial charge in [0.05, 0.1) is 26.0 Å². The number of ether oxygens (including phenoxy) is 1. The van der Waals surface area contributed by atoms with Crippen molar-refractivity contribution in [2.24, 2.45) is 10.7 Å². The van der Waals surface area contributed by atoms with E-state index in [0.29, 0.717) is 31.8 Å². The fraction of sp³-hybridized carbons (Fsp3) is 0.370. The summed E-state index contributed by atoms with van der Waals surface area (Å²) in [5.41, 5.74) is 8.24. The molecule has 0 amide bonds. The molecule has 1 heterocycles. The minimum atomic E-state index is -0.902. The molecule has 0 bridgehead atoms. The van der Waals surface area contributed by atoms with Crippen LogP contribution in [0.1, 0.15) is 40.5 Å². The average Bonchev–Trinajstić information content (AvgIpc) is 2.90. The molecule has 1 unspecified atom stereocenters. The van der Waals surface area contributed by atoms with Crippen molar-refractivity contribution in [1.29, 1.82) is 5.41 Å². The van der Waals surface area contributed by atoms with Gasteiger partial charge in [-0.05, 0) is 57.2 Å². The Hall–Kier alpha value is -3.11. The molecule has 0 saturated heterocycles. The number of aliphatic imine (C=N–C) groups is 1. The summed E-state index contributed by atoms with van der Waals surface area (Å²) in [6.07, 6.45) is 7.56. The minimum Gasteiger partial charge on any atom is -0.471 e. The molecule has 37 heavy (non-hydrogen) atoms. The molecule has 0 aliphatic carbocycles. The van der Waals surface area contributed by atoms with Crippen LogP contribution in [0.15, 0.2) is 75.1 Å². The first-order valence-electron chi connectivity index (χ1n) is 11.7. The quantitative estimate of drug-likeness (QED) is 0.261. The third-order valence-electron chi connectivity index (χ3n) is 4.64. The van der Waals surface area contributed by atoms with E-state index in [1.165, 1.54) is 26.2 Å². The van der Waals surface area contributed by atoms with Crippen molar-refractivity contribution in [3.05, 3.63) is 81.8 Å². The monoisotopic (exact) mass is 538 g/mol. The number of carbonyl (C=O) groups excluding carboxylic acids is 1. The van der Waals surface area contributed by atoms with Crippen molar-refractivity contribution < 1.29 is 22.7 Å². The highest BCUT2D eigenvalue weighted by atomic mass is 32.2. The summed E-state index contributed by atoms with van der Waals surface area (Å²) in [7, 11) is 1.31. The largest absolute Gasteiger partial charge is 0.471 e. The SMILES string of the molecule is CC=C(S/C=C\C)C1=NCC(C(=N)/C=C\CC(C)F)=C(CC)N1CN.COC=O.Fc1ccccc1F. The van der Waals surface area contributed by atoms with Gasteiger partial charge >= 0.3 is 0 Å². The van der Waals surface area contributed by atoms with E-state index in [9.17, 15) is 13.2 Å². The van der Waals surface area contributed by atoms with Crippen molar-refractivity contribution in [3.8, 4) is 0 Å². The Kier molecular flexibility index (Phi) is 18.3. The van der Waals surface area contributed by atoms with Gasteiger partial charge in [0, 0.05) is 16.2 Å². The van der Waals surface area contributed by atoms with Crippen LogP contribution < -0.4 is 5.73 Å². The number of methoxy groups -OCH3 is 1. The van der Waals surface area contributed by atoms with Crippen molar-refractivity contribution >= 4 is 29.8 Å². The molecule has 0 saturated carbocycles. The summed E-state index contributed by atoms with van der Waals surface area (Å²) in [6, 6.07) is 5.04. The summed E-state index contributed by atoms with van der Waals surface area (Å²) in [5.74, 6) is -0.747.